The van der Waals surface area contributed by atoms with Crippen LogP contribution in [0.3, 0.4) is 0 Å². The van der Waals surface area contributed by atoms with Gasteiger partial charge in [0.1, 0.15) is 5.69 Å². The number of hydrogen-bond acceptors (Lipinski definition) is 4. The summed E-state index contributed by atoms with van der Waals surface area (Å²) in [4.78, 5) is 23.9. The molecule has 0 bridgehead atoms. The number of rotatable bonds is 3. The van der Waals surface area contributed by atoms with Crippen molar-refractivity contribution in [2.24, 2.45) is 0 Å². The van der Waals surface area contributed by atoms with E-state index in [0.29, 0.717) is 18.2 Å². The number of carbonyl (C=O) groups excluding carboxylic acids is 1. The first-order chi connectivity index (χ1) is 13.9. The number of carbonyl (C=O) groups is 1. The standard InChI is InChI=1S/C24H26N4O/c1-24(2,3)18-11-5-6-12-19(18)26-23-25-15-14-20(27-23)22(29)28-16-8-10-17-9-4-7-13-21(17)28/h4-7,9,11-15H,8,10,16H2,1-3H3,(H,25,26,27). The SMILES string of the molecule is CC(C)(C)c1ccccc1Nc1nccc(C(=O)N2CCCc3ccccc32)n1. The Labute approximate surface area is 171 Å². The lowest BCUT2D eigenvalue weighted by molar-refractivity contribution is 0.0980. The van der Waals surface area contributed by atoms with Gasteiger partial charge in [0.05, 0.1) is 0 Å². The highest BCUT2D eigenvalue weighted by Gasteiger charge is 2.24. The first kappa shape index (κ1) is 19.1. The fourth-order valence-corrected chi connectivity index (χ4v) is 3.79. The van der Waals surface area contributed by atoms with Gasteiger partial charge in [0, 0.05) is 24.1 Å². The third-order valence-corrected chi connectivity index (χ3v) is 5.21. The van der Waals surface area contributed by atoms with Crippen molar-refractivity contribution in [2.45, 2.75) is 39.0 Å². The normalized spacial score (nSPS) is 13.7. The first-order valence-corrected chi connectivity index (χ1v) is 10.0. The molecule has 0 atom stereocenters. The van der Waals surface area contributed by atoms with Gasteiger partial charge < -0.3 is 10.2 Å². The third kappa shape index (κ3) is 3.99. The summed E-state index contributed by atoms with van der Waals surface area (Å²) in [7, 11) is 0. The second-order valence-corrected chi connectivity index (χ2v) is 8.38. The Morgan fingerprint density at radius 3 is 2.62 bits per heavy atom. The molecule has 0 unspecified atom stereocenters. The quantitative estimate of drug-likeness (QED) is 0.679. The zero-order chi connectivity index (χ0) is 20.4. The highest BCUT2D eigenvalue weighted by atomic mass is 16.2. The Balaban J connectivity index is 1.62. The molecule has 2 heterocycles. The minimum atomic E-state index is -0.0910. The Bertz CT molecular complexity index is 1040. The monoisotopic (exact) mass is 386 g/mol. The number of anilines is 3. The average molecular weight is 386 g/mol. The minimum absolute atomic E-state index is 0.0193. The predicted octanol–water partition coefficient (Wildman–Crippen LogP) is 5.11. The van der Waals surface area contributed by atoms with Crippen molar-refractivity contribution in [3.8, 4) is 0 Å². The number of aromatic nitrogens is 2. The molecule has 1 amide bonds. The van der Waals surface area contributed by atoms with Crippen molar-refractivity contribution in [1.82, 2.24) is 9.97 Å². The molecule has 2 aromatic carbocycles. The number of amides is 1. The van der Waals surface area contributed by atoms with Gasteiger partial charge in [-0.2, -0.15) is 0 Å². The van der Waals surface area contributed by atoms with Gasteiger partial charge in [-0.25, -0.2) is 9.97 Å². The van der Waals surface area contributed by atoms with Crippen molar-refractivity contribution in [2.75, 3.05) is 16.8 Å². The molecule has 0 aliphatic carbocycles. The van der Waals surface area contributed by atoms with E-state index >= 15 is 0 Å². The molecule has 0 saturated carbocycles. The van der Waals surface area contributed by atoms with Crippen molar-refractivity contribution in [3.63, 3.8) is 0 Å². The van der Waals surface area contributed by atoms with Crippen LogP contribution >= 0.6 is 0 Å². The maximum atomic E-state index is 13.2. The molecule has 5 nitrogen and oxygen atoms in total. The van der Waals surface area contributed by atoms with Crippen molar-refractivity contribution in [1.29, 1.82) is 0 Å². The number of nitrogens with one attached hydrogen (secondary N) is 1. The van der Waals surface area contributed by atoms with Crippen molar-refractivity contribution >= 4 is 23.2 Å². The second kappa shape index (κ2) is 7.66. The number of fused-ring (bicyclic) bond motifs is 1. The summed E-state index contributed by atoms with van der Waals surface area (Å²) in [6.45, 7) is 7.21. The van der Waals surface area contributed by atoms with E-state index in [1.807, 2.05) is 41.3 Å². The van der Waals surface area contributed by atoms with Crippen LogP contribution in [0, 0.1) is 0 Å². The number of aryl methyl sites for hydroxylation is 1. The molecule has 1 aromatic heterocycles. The third-order valence-electron chi connectivity index (χ3n) is 5.21. The molecule has 0 radical (unpaired) electrons. The van der Waals surface area contributed by atoms with Crippen molar-refractivity contribution < 1.29 is 4.79 Å². The zero-order valence-electron chi connectivity index (χ0n) is 17.1. The number of hydrogen-bond donors (Lipinski definition) is 1. The van der Waals surface area contributed by atoms with Gasteiger partial charge >= 0.3 is 0 Å². The van der Waals surface area contributed by atoms with Crippen LogP contribution < -0.4 is 10.2 Å². The summed E-state index contributed by atoms with van der Waals surface area (Å²) in [5.41, 5.74) is 4.69. The Morgan fingerprint density at radius 2 is 1.79 bits per heavy atom. The second-order valence-electron chi connectivity index (χ2n) is 8.38. The predicted molar refractivity (Wildman–Crippen MR) is 117 cm³/mol. The van der Waals surface area contributed by atoms with E-state index in [1.165, 1.54) is 11.1 Å². The van der Waals surface area contributed by atoms with E-state index in [0.717, 1.165) is 24.2 Å². The van der Waals surface area contributed by atoms with Gasteiger partial charge in [0.2, 0.25) is 5.95 Å². The molecule has 0 spiro atoms. The summed E-state index contributed by atoms with van der Waals surface area (Å²) < 4.78 is 0. The van der Waals surface area contributed by atoms with Crippen LogP contribution in [0.25, 0.3) is 0 Å². The van der Waals surface area contributed by atoms with Gasteiger partial charge in [-0.1, -0.05) is 57.2 Å². The smallest absolute Gasteiger partial charge is 0.277 e. The van der Waals surface area contributed by atoms with Gasteiger partial charge in [-0.05, 0) is 47.6 Å². The summed E-state index contributed by atoms with van der Waals surface area (Å²) in [5.74, 6) is 0.338. The maximum Gasteiger partial charge on any atom is 0.277 e. The van der Waals surface area contributed by atoms with Gasteiger partial charge in [0.25, 0.3) is 5.91 Å². The molecule has 29 heavy (non-hydrogen) atoms. The highest BCUT2D eigenvalue weighted by molar-refractivity contribution is 6.05. The first-order valence-electron chi connectivity index (χ1n) is 10.0. The largest absolute Gasteiger partial charge is 0.324 e. The lowest BCUT2D eigenvalue weighted by Gasteiger charge is -2.29. The fourth-order valence-electron chi connectivity index (χ4n) is 3.79. The fraction of sp³-hybridized carbons (Fsp3) is 0.292. The van der Waals surface area contributed by atoms with Crippen LogP contribution in [0.4, 0.5) is 17.3 Å². The molecular weight excluding hydrogens is 360 g/mol. The molecule has 148 valence electrons. The molecule has 1 aliphatic heterocycles. The average Bonchev–Trinajstić information content (AvgIpc) is 2.73. The maximum absolute atomic E-state index is 13.2. The molecular formula is C24H26N4O. The van der Waals surface area contributed by atoms with E-state index in [9.17, 15) is 4.79 Å². The molecule has 1 aliphatic rings. The van der Waals surface area contributed by atoms with E-state index in [1.54, 1.807) is 12.3 Å². The Hall–Kier alpha value is -3.21. The number of benzene rings is 2. The van der Waals surface area contributed by atoms with E-state index in [4.69, 9.17) is 0 Å². The lowest BCUT2D eigenvalue weighted by atomic mass is 9.86. The van der Waals surface area contributed by atoms with Crippen LogP contribution in [-0.4, -0.2) is 22.4 Å². The summed E-state index contributed by atoms with van der Waals surface area (Å²) in [6, 6.07) is 17.9. The summed E-state index contributed by atoms with van der Waals surface area (Å²) in [5, 5.41) is 3.30. The van der Waals surface area contributed by atoms with Crippen molar-refractivity contribution in [3.05, 3.63) is 77.6 Å². The lowest BCUT2D eigenvalue weighted by Crippen LogP contribution is -2.36. The molecule has 5 heteroatoms. The van der Waals surface area contributed by atoms with E-state index < -0.39 is 0 Å². The van der Waals surface area contributed by atoms with Gasteiger partial charge in [-0.3, -0.25) is 4.79 Å². The van der Waals surface area contributed by atoms with Crippen LogP contribution in [0.15, 0.2) is 60.8 Å². The molecule has 0 saturated heterocycles. The Morgan fingerprint density at radius 1 is 1.03 bits per heavy atom. The molecule has 1 N–H and O–H groups in total. The molecule has 0 fully saturated rings. The van der Waals surface area contributed by atoms with Crippen LogP contribution in [0.2, 0.25) is 0 Å². The number of nitrogens with zero attached hydrogens (tertiary/aromatic N) is 3. The molecule has 3 aromatic rings. The van der Waals surface area contributed by atoms with Crippen LogP contribution in [0.1, 0.15) is 48.8 Å². The Kier molecular flexibility index (Phi) is 5.05. The van der Waals surface area contributed by atoms with E-state index in [2.05, 4.69) is 48.2 Å². The minimum Gasteiger partial charge on any atom is -0.324 e. The number of para-hydroxylation sites is 2. The van der Waals surface area contributed by atoms with Crippen LogP contribution in [0.5, 0.6) is 0 Å². The van der Waals surface area contributed by atoms with Gasteiger partial charge in [0.15, 0.2) is 0 Å². The summed E-state index contributed by atoms with van der Waals surface area (Å²) in [6.07, 6.45) is 3.59. The summed E-state index contributed by atoms with van der Waals surface area (Å²) >= 11 is 0. The van der Waals surface area contributed by atoms with E-state index in [-0.39, 0.29) is 11.3 Å². The van der Waals surface area contributed by atoms with Crippen LogP contribution in [-0.2, 0) is 11.8 Å². The van der Waals surface area contributed by atoms with Gasteiger partial charge in [-0.15, -0.1) is 0 Å². The molecule has 4 rings (SSSR count). The zero-order valence-corrected chi connectivity index (χ0v) is 17.1. The highest BCUT2D eigenvalue weighted by Crippen LogP contribution is 2.31. The topological polar surface area (TPSA) is 58.1 Å².